The predicted molar refractivity (Wildman–Crippen MR) is 127 cm³/mol. The smallest absolute Gasteiger partial charge is 0.381 e. The molecule has 0 atom stereocenters. The number of allylic oxidation sites excluding steroid dienone is 1. The van der Waals surface area contributed by atoms with Crippen molar-refractivity contribution in [3.05, 3.63) is 47.2 Å². The van der Waals surface area contributed by atoms with Crippen molar-refractivity contribution in [3.63, 3.8) is 0 Å². The van der Waals surface area contributed by atoms with Crippen molar-refractivity contribution < 1.29 is 23.5 Å². The van der Waals surface area contributed by atoms with Gasteiger partial charge in [0.25, 0.3) is 5.91 Å². The standard InChI is InChI=1S/C17H19N7O6S.C3H6/c1-9(25)20-12-4-5-19-24(12)17-23-22-16(31-17)21-14(26)11-8-10(18-2)13(15(27)30-11)29-7-6-28-3;1-3-2/h4-5,8,18H,6-7H2,1-3H3,(H,20,25)(H,21,22,26);3H,1H2,2H3. The minimum Gasteiger partial charge on any atom is -0.483 e. The molecule has 0 saturated heterocycles. The molecule has 3 aromatic heterocycles. The van der Waals surface area contributed by atoms with Crippen LogP contribution in [-0.2, 0) is 9.53 Å². The lowest BCUT2D eigenvalue weighted by atomic mass is 10.3. The van der Waals surface area contributed by atoms with Gasteiger partial charge in [-0.1, -0.05) is 17.4 Å². The van der Waals surface area contributed by atoms with Gasteiger partial charge in [0.1, 0.15) is 12.4 Å². The molecule has 0 aromatic carbocycles. The summed E-state index contributed by atoms with van der Waals surface area (Å²) in [4.78, 5) is 36.1. The van der Waals surface area contributed by atoms with Gasteiger partial charge in [0.05, 0.1) is 18.5 Å². The number of amides is 2. The molecule has 2 amide bonds. The number of anilines is 3. The van der Waals surface area contributed by atoms with E-state index in [9.17, 15) is 14.4 Å². The quantitative estimate of drug-likeness (QED) is 0.298. The number of nitrogens with one attached hydrogen (secondary N) is 3. The molecule has 3 aromatic rings. The maximum Gasteiger partial charge on any atom is 0.381 e. The van der Waals surface area contributed by atoms with Crippen molar-refractivity contribution in [2.24, 2.45) is 0 Å². The summed E-state index contributed by atoms with van der Waals surface area (Å²) in [6.45, 7) is 7.04. The molecule has 14 heteroatoms. The van der Waals surface area contributed by atoms with Crippen molar-refractivity contribution in [1.82, 2.24) is 20.0 Å². The molecule has 0 unspecified atom stereocenters. The lowest BCUT2D eigenvalue weighted by molar-refractivity contribution is -0.114. The molecule has 0 spiro atoms. The zero-order chi connectivity index (χ0) is 25.1. The van der Waals surface area contributed by atoms with Gasteiger partial charge < -0.3 is 24.5 Å². The van der Waals surface area contributed by atoms with E-state index in [0.717, 1.165) is 11.3 Å². The molecule has 0 aliphatic heterocycles. The minimum absolute atomic E-state index is 0.0570. The van der Waals surface area contributed by atoms with Crippen LogP contribution in [0.4, 0.5) is 16.6 Å². The van der Waals surface area contributed by atoms with Crippen molar-refractivity contribution in [2.75, 3.05) is 43.3 Å². The van der Waals surface area contributed by atoms with E-state index >= 15 is 0 Å². The van der Waals surface area contributed by atoms with Crippen LogP contribution in [0.5, 0.6) is 5.75 Å². The predicted octanol–water partition coefficient (Wildman–Crippen LogP) is 2.15. The normalized spacial score (nSPS) is 10.0. The summed E-state index contributed by atoms with van der Waals surface area (Å²) in [5, 5.41) is 20.2. The fourth-order valence-electron chi connectivity index (χ4n) is 2.38. The second kappa shape index (κ2) is 12.9. The van der Waals surface area contributed by atoms with Gasteiger partial charge in [0.15, 0.2) is 5.76 Å². The highest BCUT2D eigenvalue weighted by Crippen LogP contribution is 2.24. The van der Waals surface area contributed by atoms with E-state index in [0.29, 0.717) is 10.9 Å². The zero-order valence-electron chi connectivity index (χ0n) is 19.1. The van der Waals surface area contributed by atoms with Crippen LogP contribution >= 0.6 is 11.3 Å². The van der Waals surface area contributed by atoms with E-state index in [1.165, 1.54) is 31.0 Å². The molecule has 0 fully saturated rings. The number of aromatic nitrogens is 4. The molecule has 0 radical (unpaired) electrons. The Kier molecular flexibility index (Phi) is 9.91. The topological polar surface area (TPSA) is 162 Å². The molecule has 13 nitrogen and oxygen atoms in total. The van der Waals surface area contributed by atoms with Crippen molar-refractivity contribution in [3.8, 4) is 10.9 Å². The Hall–Kier alpha value is -4.04. The molecule has 0 bridgehead atoms. The number of ether oxygens (including phenoxy) is 2. The first-order valence-electron chi connectivity index (χ1n) is 9.86. The highest BCUT2D eigenvalue weighted by atomic mass is 32.1. The third-order valence-corrected chi connectivity index (χ3v) is 4.51. The fraction of sp³-hybridized carbons (Fsp3) is 0.300. The monoisotopic (exact) mass is 491 g/mol. The molecule has 34 heavy (non-hydrogen) atoms. The van der Waals surface area contributed by atoms with Gasteiger partial charge in [0, 0.05) is 33.2 Å². The number of hydrogen-bond donors (Lipinski definition) is 3. The van der Waals surface area contributed by atoms with Gasteiger partial charge in [-0.25, -0.2) is 4.79 Å². The van der Waals surface area contributed by atoms with Gasteiger partial charge in [0.2, 0.25) is 21.9 Å². The van der Waals surface area contributed by atoms with Gasteiger partial charge in [-0.15, -0.1) is 16.8 Å². The zero-order valence-corrected chi connectivity index (χ0v) is 19.9. The minimum atomic E-state index is -0.817. The first-order chi connectivity index (χ1) is 16.3. The van der Waals surface area contributed by atoms with Crippen molar-refractivity contribution in [2.45, 2.75) is 13.8 Å². The van der Waals surface area contributed by atoms with Gasteiger partial charge >= 0.3 is 5.63 Å². The van der Waals surface area contributed by atoms with Gasteiger partial charge in [-0.3, -0.25) is 14.9 Å². The van der Waals surface area contributed by atoms with E-state index in [1.54, 1.807) is 19.2 Å². The van der Waals surface area contributed by atoms with E-state index in [-0.39, 0.29) is 41.4 Å². The number of rotatable bonds is 9. The molecule has 3 N–H and O–H groups in total. The largest absolute Gasteiger partial charge is 0.483 e. The summed E-state index contributed by atoms with van der Waals surface area (Å²) in [6.07, 6.45) is 3.23. The van der Waals surface area contributed by atoms with E-state index in [2.05, 4.69) is 37.8 Å². The third kappa shape index (κ3) is 6.98. The van der Waals surface area contributed by atoms with Crippen LogP contribution in [0.25, 0.3) is 5.13 Å². The summed E-state index contributed by atoms with van der Waals surface area (Å²) in [7, 11) is 3.08. The van der Waals surface area contributed by atoms with E-state index < -0.39 is 11.5 Å². The Balaban J connectivity index is 0.00000129. The maximum absolute atomic E-state index is 12.5. The van der Waals surface area contributed by atoms with Crippen LogP contribution < -0.4 is 26.3 Å². The lowest BCUT2D eigenvalue weighted by Gasteiger charge is -2.10. The summed E-state index contributed by atoms with van der Waals surface area (Å²) < 4.78 is 16.7. The average molecular weight is 492 g/mol. The Bertz CT molecular complexity index is 1190. The maximum atomic E-state index is 12.5. The summed E-state index contributed by atoms with van der Waals surface area (Å²) in [6, 6.07) is 2.93. The summed E-state index contributed by atoms with van der Waals surface area (Å²) in [5.41, 5.74) is -0.533. The van der Waals surface area contributed by atoms with E-state index in [4.69, 9.17) is 13.9 Å². The van der Waals surface area contributed by atoms with Crippen molar-refractivity contribution >= 4 is 39.8 Å². The van der Waals surface area contributed by atoms with Gasteiger partial charge in [-0.05, 0) is 6.92 Å². The van der Waals surface area contributed by atoms with Crippen LogP contribution in [-0.4, -0.2) is 59.2 Å². The second-order valence-corrected chi connectivity index (χ2v) is 7.25. The number of carbonyl (C=O) groups excluding carboxylic acids is 2. The van der Waals surface area contributed by atoms with E-state index in [1.807, 2.05) is 6.92 Å². The molecule has 0 aliphatic rings. The summed E-state index contributed by atoms with van der Waals surface area (Å²) >= 11 is 1.01. The average Bonchev–Trinajstić information content (AvgIpc) is 3.44. The van der Waals surface area contributed by atoms with Crippen molar-refractivity contribution in [1.29, 1.82) is 0 Å². The van der Waals surface area contributed by atoms with Crippen LogP contribution in [0.3, 0.4) is 0 Å². The SMILES string of the molecule is C=CC.CNc1cc(C(=O)Nc2nnc(-n3nccc3NC(C)=O)s2)oc(=O)c1OCCOC. The second-order valence-electron chi connectivity index (χ2n) is 6.29. The highest BCUT2D eigenvalue weighted by Gasteiger charge is 2.19. The molecular weight excluding hydrogens is 466 g/mol. The van der Waals surface area contributed by atoms with Crippen LogP contribution in [0.2, 0.25) is 0 Å². The molecule has 0 aliphatic carbocycles. The Morgan fingerprint density at radius 2 is 2.03 bits per heavy atom. The lowest BCUT2D eigenvalue weighted by Crippen LogP contribution is -2.18. The van der Waals surface area contributed by atoms with Gasteiger partial charge in [-0.2, -0.15) is 9.78 Å². The number of hydrogen-bond acceptors (Lipinski definition) is 11. The summed E-state index contributed by atoms with van der Waals surface area (Å²) in [5.74, 6) is -0.885. The molecule has 182 valence electrons. The molecular formula is C20H25N7O6S. The van der Waals surface area contributed by atoms with Crippen LogP contribution in [0, 0.1) is 0 Å². The molecule has 0 saturated carbocycles. The highest BCUT2D eigenvalue weighted by molar-refractivity contribution is 7.17. The Morgan fingerprint density at radius 1 is 1.29 bits per heavy atom. The fourth-order valence-corrected chi connectivity index (χ4v) is 3.10. The number of methoxy groups -OCH3 is 1. The first-order valence-corrected chi connectivity index (χ1v) is 10.7. The first kappa shape index (κ1) is 26.2. The van der Waals surface area contributed by atoms with Crippen LogP contribution in [0.15, 0.2) is 40.2 Å². The molecule has 3 heterocycles. The Morgan fingerprint density at radius 3 is 2.68 bits per heavy atom. The van der Waals surface area contributed by atoms with Crippen LogP contribution in [0.1, 0.15) is 24.4 Å². The molecule has 3 rings (SSSR count). The number of nitrogens with zero attached hydrogens (tertiary/aromatic N) is 4. The Labute approximate surface area is 198 Å². The number of carbonyl (C=O) groups is 2. The third-order valence-electron chi connectivity index (χ3n) is 3.70.